The Hall–Kier alpha value is -1.75. The number of hydrogen-bond donors (Lipinski definition) is 1. The number of nitrogens with one attached hydrogen (secondary N) is 1. The van der Waals surface area contributed by atoms with Crippen LogP contribution in [-0.4, -0.2) is 10.9 Å². The molecule has 1 aliphatic carbocycles. The lowest BCUT2D eigenvalue weighted by atomic mass is 9.72. The Morgan fingerprint density at radius 2 is 2.13 bits per heavy atom. The zero-order valence-electron chi connectivity index (χ0n) is 13.2. The topological polar surface area (TPSA) is 42.0 Å². The van der Waals surface area contributed by atoms with Crippen molar-refractivity contribution < 1.29 is 9.18 Å². The lowest BCUT2D eigenvalue weighted by Gasteiger charge is -2.36. The number of hydrogen-bond acceptors (Lipinski definition) is 3. The molecule has 1 amide bonds. The molecule has 1 unspecified atom stereocenters. The average Bonchev–Trinajstić information content (AvgIpc) is 3.10. The highest BCUT2D eigenvalue weighted by atomic mass is 32.1. The molecule has 3 nitrogen and oxygen atoms in total. The number of carbonyl (C=O) groups excluding carboxylic acids is 1. The molecular weight excluding hydrogens is 311 g/mol. The molecule has 2 heterocycles. The van der Waals surface area contributed by atoms with Gasteiger partial charge in [0.2, 0.25) is 5.91 Å². The maximum absolute atomic E-state index is 13.9. The van der Waals surface area contributed by atoms with Crippen LogP contribution < -0.4 is 5.32 Å². The highest BCUT2D eigenvalue weighted by Crippen LogP contribution is 2.42. The van der Waals surface area contributed by atoms with Gasteiger partial charge in [-0.15, -0.1) is 11.3 Å². The van der Waals surface area contributed by atoms with Crippen molar-refractivity contribution >= 4 is 17.2 Å². The van der Waals surface area contributed by atoms with Gasteiger partial charge in [0.15, 0.2) is 0 Å². The van der Waals surface area contributed by atoms with Crippen LogP contribution in [0.3, 0.4) is 0 Å². The van der Waals surface area contributed by atoms with E-state index >= 15 is 0 Å². The van der Waals surface area contributed by atoms with Gasteiger partial charge in [-0.25, -0.2) is 4.39 Å². The standard InChI is InChI=1S/C18H21FN2OS/c1-13(14-7-10-20-12-15(14)19)21-17(22)18(8-3-2-4-9-18)16-6-5-11-23-16/h5-7,10-13H,2-4,8-9H2,1H3,(H,21,22). The van der Waals surface area contributed by atoms with Gasteiger partial charge in [-0.2, -0.15) is 0 Å². The molecule has 5 heteroatoms. The third-order valence-electron chi connectivity index (χ3n) is 4.75. The zero-order chi connectivity index (χ0) is 16.3. The number of carbonyl (C=O) groups is 1. The average molecular weight is 332 g/mol. The van der Waals surface area contributed by atoms with E-state index in [1.807, 2.05) is 24.4 Å². The van der Waals surface area contributed by atoms with Crippen molar-refractivity contribution in [3.8, 4) is 0 Å². The second kappa shape index (κ2) is 6.79. The van der Waals surface area contributed by atoms with E-state index in [-0.39, 0.29) is 17.8 Å². The number of thiophene rings is 1. The van der Waals surface area contributed by atoms with Crippen LogP contribution in [0.2, 0.25) is 0 Å². The van der Waals surface area contributed by atoms with Crippen LogP contribution in [0.4, 0.5) is 4.39 Å². The third-order valence-corrected chi connectivity index (χ3v) is 5.83. The summed E-state index contributed by atoms with van der Waals surface area (Å²) in [6, 6.07) is 5.30. The first-order valence-electron chi connectivity index (χ1n) is 8.08. The summed E-state index contributed by atoms with van der Waals surface area (Å²) >= 11 is 1.64. The second-order valence-electron chi connectivity index (χ2n) is 6.21. The van der Waals surface area contributed by atoms with Gasteiger partial charge in [-0.1, -0.05) is 25.3 Å². The Bertz CT molecular complexity index is 665. The Labute approximate surface area is 140 Å². The van der Waals surface area contributed by atoms with E-state index in [1.54, 1.807) is 23.6 Å². The molecule has 0 spiro atoms. The number of rotatable bonds is 4. The van der Waals surface area contributed by atoms with Crippen molar-refractivity contribution in [3.63, 3.8) is 0 Å². The van der Waals surface area contributed by atoms with Gasteiger partial charge in [-0.05, 0) is 37.3 Å². The predicted molar refractivity (Wildman–Crippen MR) is 89.8 cm³/mol. The van der Waals surface area contributed by atoms with Crippen molar-refractivity contribution in [1.82, 2.24) is 10.3 Å². The molecule has 0 saturated heterocycles. The molecule has 3 rings (SSSR count). The van der Waals surface area contributed by atoms with Gasteiger partial charge >= 0.3 is 0 Å². The van der Waals surface area contributed by atoms with Crippen LogP contribution in [0.15, 0.2) is 36.0 Å². The molecule has 1 fully saturated rings. The second-order valence-corrected chi connectivity index (χ2v) is 7.16. The minimum absolute atomic E-state index is 0.0170. The lowest BCUT2D eigenvalue weighted by Crippen LogP contribution is -2.46. The van der Waals surface area contributed by atoms with Crippen LogP contribution in [-0.2, 0) is 10.2 Å². The van der Waals surface area contributed by atoms with E-state index in [4.69, 9.17) is 0 Å². The van der Waals surface area contributed by atoms with E-state index in [1.165, 1.54) is 12.6 Å². The van der Waals surface area contributed by atoms with E-state index in [9.17, 15) is 9.18 Å². The molecule has 23 heavy (non-hydrogen) atoms. The van der Waals surface area contributed by atoms with Crippen LogP contribution in [0.25, 0.3) is 0 Å². The zero-order valence-corrected chi connectivity index (χ0v) is 14.0. The quantitative estimate of drug-likeness (QED) is 0.904. The fraction of sp³-hybridized carbons (Fsp3) is 0.444. The van der Waals surface area contributed by atoms with E-state index in [0.29, 0.717) is 5.56 Å². The fourth-order valence-corrected chi connectivity index (χ4v) is 4.42. The molecular formula is C18H21FN2OS. The normalized spacial score (nSPS) is 18.3. The molecule has 0 bridgehead atoms. The van der Waals surface area contributed by atoms with Gasteiger partial charge in [0, 0.05) is 16.6 Å². The molecule has 2 aromatic rings. The number of nitrogens with zero attached hydrogens (tertiary/aromatic N) is 1. The van der Waals surface area contributed by atoms with Crippen molar-refractivity contribution in [1.29, 1.82) is 0 Å². The summed E-state index contributed by atoms with van der Waals surface area (Å²) in [5, 5.41) is 5.05. The fourth-order valence-electron chi connectivity index (χ4n) is 3.44. The summed E-state index contributed by atoms with van der Waals surface area (Å²) in [5.41, 5.74) is 0.0231. The Kier molecular flexibility index (Phi) is 4.76. The van der Waals surface area contributed by atoms with Crippen LogP contribution >= 0.6 is 11.3 Å². The van der Waals surface area contributed by atoms with E-state index in [0.717, 1.165) is 30.6 Å². The minimum atomic E-state index is -0.454. The summed E-state index contributed by atoms with van der Waals surface area (Å²) < 4.78 is 13.9. The van der Waals surface area contributed by atoms with Gasteiger partial charge in [-0.3, -0.25) is 9.78 Å². The van der Waals surface area contributed by atoms with E-state index in [2.05, 4.69) is 10.3 Å². The van der Waals surface area contributed by atoms with Gasteiger partial charge < -0.3 is 5.32 Å². The highest BCUT2D eigenvalue weighted by molar-refractivity contribution is 7.10. The minimum Gasteiger partial charge on any atom is -0.349 e. The van der Waals surface area contributed by atoms with Gasteiger partial charge in [0.25, 0.3) is 0 Å². The Balaban J connectivity index is 1.83. The largest absolute Gasteiger partial charge is 0.349 e. The lowest BCUT2D eigenvalue weighted by molar-refractivity contribution is -0.128. The first-order valence-corrected chi connectivity index (χ1v) is 8.96. The molecule has 0 aromatic carbocycles. The number of aromatic nitrogens is 1. The van der Waals surface area contributed by atoms with Crippen LogP contribution in [0.5, 0.6) is 0 Å². The number of amides is 1. The molecule has 122 valence electrons. The molecule has 0 aliphatic heterocycles. The molecule has 1 saturated carbocycles. The van der Waals surface area contributed by atoms with Crippen molar-refractivity contribution in [3.05, 3.63) is 52.2 Å². The summed E-state index contributed by atoms with van der Waals surface area (Å²) in [7, 11) is 0. The van der Waals surface area contributed by atoms with Crippen molar-refractivity contribution in [2.45, 2.75) is 50.5 Å². The predicted octanol–water partition coefficient (Wildman–Crippen LogP) is 4.36. The molecule has 1 atom stereocenters. The number of pyridine rings is 1. The highest BCUT2D eigenvalue weighted by Gasteiger charge is 2.42. The monoisotopic (exact) mass is 332 g/mol. The van der Waals surface area contributed by atoms with Gasteiger partial charge in [0.1, 0.15) is 5.82 Å². The molecule has 1 aliphatic rings. The van der Waals surface area contributed by atoms with Gasteiger partial charge in [0.05, 0.1) is 17.7 Å². The molecule has 1 N–H and O–H groups in total. The SMILES string of the molecule is CC(NC(=O)C1(c2cccs2)CCCCC1)c1ccncc1F. The first kappa shape index (κ1) is 16.1. The Morgan fingerprint density at radius 3 is 2.78 bits per heavy atom. The summed E-state index contributed by atoms with van der Waals surface area (Å²) in [6.07, 6.45) is 7.77. The summed E-state index contributed by atoms with van der Waals surface area (Å²) in [6.45, 7) is 1.82. The molecule has 0 radical (unpaired) electrons. The van der Waals surface area contributed by atoms with Crippen molar-refractivity contribution in [2.75, 3.05) is 0 Å². The summed E-state index contributed by atoms with van der Waals surface area (Å²) in [5.74, 6) is -0.363. The summed E-state index contributed by atoms with van der Waals surface area (Å²) in [4.78, 5) is 18.0. The third kappa shape index (κ3) is 3.15. The van der Waals surface area contributed by atoms with Crippen LogP contribution in [0, 0.1) is 5.82 Å². The van der Waals surface area contributed by atoms with Crippen molar-refractivity contribution in [2.24, 2.45) is 0 Å². The Morgan fingerprint density at radius 1 is 1.35 bits per heavy atom. The van der Waals surface area contributed by atoms with Crippen LogP contribution in [0.1, 0.15) is 55.5 Å². The van der Waals surface area contributed by atoms with E-state index < -0.39 is 5.41 Å². The molecule has 2 aromatic heterocycles. The smallest absolute Gasteiger partial charge is 0.231 e. The maximum Gasteiger partial charge on any atom is 0.231 e. The maximum atomic E-state index is 13.9. The number of halogens is 1. The first-order chi connectivity index (χ1) is 11.1.